The van der Waals surface area contributed by atoms with E-state index in [1.165, 1.54) is 0 Å². The maximum Gasteiger partial charge on any atom is 0.166 e. The number of aliphatic hydroxyl groups is 1. The topological polar surface area (TPSA) is 84.9 Å². The van der Waals surface area contributed by atoms with Gasteiger partial charge in [0.2, 0.25) is 0 Å². The molecule has 0 heterocycles. The van der Waals surface area contributed by atoms with Crippen LogP contribution >= 0.6 is 0 Å². The number of aliphatic hydroxyl groups excluding tert-OH is 1. The molecule has 0 aliphatic heterocycles. The molecule has 1 N–H and O–H groups in total. The summed E-state index contributed by atoms with van der Waals surface area (Å²) in [4.78, 5) is 11.5. The molecule has 0 spiro atoms. The molecule has 0 radical (unpaired) electrons. The first-order valence-corrected chi connectivity index (χ1v) is 4.55. The highest BCUT2D eigenvalue weighted by Gasteiger charge is 2.23. The zero-order valence-electron chi connectivity index (χ0n) is 8.32. The van der Waals surface area contributed by atoms with Crippen LogP contribution in [0.1, 0.15) is 19.8 Å². The third-order valence-electron chi connectivity index (χ3n) is 2.22. The molecule has 0 fully saturated rings. The molecule has 0 amide bonds. The lowest BCUT2D eigenvalue weighted by Gasteiger charge is -2.18. The first-order chi connectivity index (χ1) is 7.08. The molecule has 0 bridgehead atoms. The average Bonchev–Trinajstić information content (AvgIpc) is 2.17. The van der Waals surface area contributed by atoms with Crippen LogP contribution in [0.25, 0.3) is 0 Å². The highest BCUT2D eigenvalue weighted by molar-refractivity contribution is 5.99. The van der Waals surface area contributed by atoms with E-state index in [0.29, 0.717) is 12.8 Å². The zero-order valence-corrected chi connectivity index (χ0v) is 8.32. The molecule has 1 aliphatic rings. The number of allylic oxidation sites excluding steroid dienone is 4. The fourth-order valence-corrected chi connectivity index (χ4v) is 1.50. The fraction of sp³-hybridized carbons (Fsp3) is 0.364. The molecule has 1 aliphatic carbocycles. The van der Waals surface area contributed by atoms with Crippen molar-refractivity contribution in [3.05, 3.63) is 23.0 Å². The average molecular weight is 202 g/mol. The van der Waals surface area contributed by atoms with E-state index in [0.717, 1.165) is 6.08 Å². The van der Waals surface area contributed by atoms with E-state index in [-0.39, 0.29) is 28.6 Å². The van der Waals surface area contributed by atoms with Crippen molar-refractivity contribution in [1.82, 2.24) is 0 Å². The molecule has 1 rings (SSSR count). The summed E-state index contributed by atoms with van der Waals surface area (Å²) in [6, 6.07) is 3.31. The van der Waals surface area contributed by atoms with Gasteiger partial charge in [0.25, 0.3) is 0 Å². The standard InChI is InChI=1S/C11H10N2O2/c1-7-2-10(14)9(11(15)3-7)4-8(5-12)6-13/h4,7,14H,2-3H2,1H3/t7-/m0/s1. The summed E-state index contributed by atoms with van der Waals surface area (Å²) in [6.45, 7) is 1.87. The summed E-state index contributed by atoms with van der Waals surface area (Å²) >= 11 is 0. The van der Waals surface area contributed by atoms with Gasteiger partial charge in [-0.15, -0.1) is 0 Å². The van der Waals surface area contributed by atoms with E-state index in [1.54, 1.807) is 12.1 Å². The number of hydrogen-bond acceptors (Lipinski definition) is 4. The summed E-state index contributed by atoms with van der Waals surface area (Å²) in [5.74, 6) is -0.127. The van der Waals surface area contributed by atoms with Gasteiger partial charge in [0.05, 0.1) is 5.57 Å². The second kappa shape index (κ2) is 4.43. The third kappa shape index (κ3) is 2.45. The molecule has 4 nitrogen and oxygen atoms in total. The third-order valence-corrected chi connectivity index (χ3v) is 2.22. The van der Waals surface area contributed by atoms with Crippen LogP contribution in [0.4, 0.5) is 0 Å². The molecule has 0 aromatic carbocycles. The lowest BCUT2D eigenvalue weighted by atomic mass is 9.88. The summed E-state index contributed by atoms with van der Waals surface area (Å²) in [6.07, 6.45) is 1.92. The van der Waals surface area contributed by atoms with Gasteiger partial charge in [-0.2, -0.15) is 10.5 Å². The van der Waals surface area contributed by atoms with Crippen molar-refractivity contribution in [2.45, 2.75) is 19.8 Å². The van der Waals surface area contributed by atoms with Crippen molar-refractivity contribution in [3.8, 4) is 12.1 Å². The number of hydrogen-bond donors (Lipinski definition) is 1. The van der Waals surface area contributed by atoms with Crippen molar-refractivity contribution in [1.29, 1.82) is 10.5 Å². The largest absolute Gasteiger partial charge is 0.512 e. The van der Waals surface area contributed by atoms with Crippen molar-refractivity contribution in [2.24, 2.45) is 5.92 Å². The zero-order chi connectivity index (χ0) is 11.4. The molecular formula is C11H10N2O2. The maximum absolute atomic E-state index is 11.5. The van der Waals surface area contributed by atoms with E-state index in [1.807, 2.05) is 6.92 Å². The Bertz CT molecular complexity index is 416. The first kappa shape index (κ1) is 11.0. The Labute approximate surface area is 87.7 Å². The van der Waals surface area contributed by atoms with Crippen molar-refractivity contribution in [3.63, 3.8) is 0 Å². The van der Waals surface area contributed by atoms with Crippen LogP contribution in [-0.2, 0) is 4.79 Å². The number of ketones is 1. The van der Waals surface area contributed by atoms with Gasteiger partial charge in [0, 0.05) is 12.8 Å². The Kier molecular flexibility index (Phi) is 3.25. The van der Waals surface area contributed by atoms with Gasteiger partial charge < -0.3 is 5.11 Å². The quantitative estimate of drug-likeness (QED) is 0.656. The highest BCUT2D eigenvalue weighted by Crippen LogP contribution is 2.26. The SMILES string of the molecule is C[C@@H]1CC(=O)C(C=C(C#N)C#N)=C(O)C1. The molecule has 1 atom stereocenters. The van der Waals surface area contributed by atoms with Crippen LogP contribution in [0.15, 0.2) is 23.0 Å². The smallest absolute Gasteiger partial charge is 0.166 e. The predicted octanol–water partition coefficient (Wildman–Crippen LogP) is 1.77. The van der Waals surface area contributed by atoms with E-state index in [4.69, 9.17) is 10.5 Å². The molecule has 0 aromatic rings. The molecule has 0 unspecified atom stereocenters. The molecule has 15 heavy (non-hydrogen) atoms. The van der Waals surface area contributed by atoms with E-state index < -0.39 is 0 Å². The van der Waals surface area contributed by atoms with Gasteiger partial charge in [-0.25, -0.2) is 0 Å². The molecule has 0 aromatic heterocycles. The lowest BCUT2D eigenvalue weighted by molar-refractivity contribution is -0.116. The Hall–Kier alpha value is -2.07. The number of nitriles is 2. The van der Waals surface area contributed by atoms with Crippen molar-refractivity contribution in [2.75, 3.05) is 0 Å². The van der Waals surface area contributed by atoms with Crippen LogP contribution in [0, 0.1) is 28.6 Å². The molecule has 0 saturated carbocycles. The summed E-state index contributed by atoms with van der Waals surface area (Å²) in [7, 11) is 0. The van der Waals surface area contributed by atoms with Gasteiger partial charge in [0.1, 0.15) is 23.5 Å². The number of rotatable bonds is 1. The van der Waals surface area contributed by atoms with Gasteiger partial charge in [-0.3, -0.25) is 4.79 Å². The monoisotopic (exact) mass is 202 g/mol. The molecule has 4 heteroatoms. The maximum atomic E-state index is 11.5. The number of nitrogens with zero attached hydrogens (tertiary/aromatic N) is 2. The predicted molar refractivity (Wildman–Crippen MR) is 52.4 cm³/mol. The van der Waals surface area contributed by atoms with Gasteiger partial charge in [-0.05, 0) is 12.0 Å². The Balaban J connectivity index is 3.11. The second-order valence-corrected chi connectivity index (χ2v) is 3.58. The Morgan fingerprint density at radius 1 is 1.47 bits per heavy atom. The summed E-state index contributed by atoms with van der Waals surface area (Å²) in [5, 5.41) is 26.6. The lowest BCUT2D eigenvalue weighted by Crippen LogP contribution is -2.16. The first-order valence-electron chi connectivity index (χ1n) is 4.55. The summed E-state index contributed by atoms with van der Waals surface area (Å²) in [5.41, 5.74) is -0.0642. The minimum Gasteiger partial charge on any atom is -0.512 e. The van der Waals surface area contributed by atoms with Gasteiger partial charge >= 0.3 is 0 Å². The van der Waals surface area contributed by atoms with Crippen LogP contribution in [-0.4, -0.2) is 10.9 Å². The Morgan fingerprint density at radius 2 is 2.07 bits per heavy atom. The van der Waals surface area contributed by atoms with Crippen LogP contribution in [0.5, 0.6) is 0 Å². The number of carbonyl (C=O) groups excluding carboxylic acids is 1. The van der Waals surface area contributed by atoms with Crippen LogP contribution < -0.4 is 0 Å². The van der Waals surface area contributed by atoms with E-state index >= 15 is 0 Å². The van der Waals surface area contributed by atoms with E-state index in [9.17, 15) is 9.90 Å². The second-order valence-electron chi connectivity index (χ2n) is 3.58. The highest BCUT2D eigenvalue weighted by atomic mass is 16.3. The molecule has 0 saturated heterocycles. The minimum atomic E-state index is -0.214. The van der Waals surface area contributed by atoms with Crippen LogP contribution in [0.3, 0.4) is 0 Å². The molecular weight excluding hydrogens is 192 g/mol. The Morgan fingerprint density at radius 3 is 2.53 bits per heavy atom. The minimum absolute atomic E-state index is 0.0262. The van der Waals surface area contributed by atoms with Crippen molar-refractivity contribution < 1.29 is 9.90 Å². The fourth-order valence-electron chi connectivity index (χ4n) is 1.50. The van der Waals surface area contributed by atoms with Gasteiger partial charge in [0.15, 0.2) is 5.78 Å². The van der Waals surface area contributed by atoms with Crippen molar-refractivity contribution >= 4 is 5.78 Å². The normalized spacial score (nSPS) is 20.5. The summed E-state index contributed by atoms with van der Waals surface area (Å²) < 4.78 is 0. The number of carbonyl (C=O) groups is 1. The molecule has 76 valence electrons. The van der Waals surface area contributed by atoms with Crippen LogP contribution in [0.2, 0.25) is 0 Å². The number of Topliss-reactive ketones (excluding diaryl/α,β-unsaturated/α-hetero) is 1. The van der Waals surface area contributed by atoms with E-state index in [2.05, 4.69) is 0 Å². The van der Waals surface area contributed by atoms with Gasteiger partial charge in [-0.1, -0.05) is 6.92 Å².